The molecule has 2 atom stereocenters. The van der Waals surface area contributed by atoms with Gasteiger partial charge in [0.05, 0.1) is 26.2 Å². The maximum Gasteiger partial charge on any atom is 0.328 e. The van der Waals surface area contributed by atoms with Gasteiger partial charge in [-0.15, -0.1) is 0 Å². The van der Waals surface area contributed by atoms with E-state index in [1.54, 1.807) is 12.1 Å². The number of methoxy groups -OCH3 is 2. The lowest BCUT2D eigenvalue weighted by Crippen LogP contribution is -2.51. The number of nitrogens with zero attached hydrogens (tertiary/aromatic N) is 2. The molecule has 3 rings (SSSR count). The molecule has 0 bridgehead atoms. The van der Waals surface area contributed by atoms with E-state index in [2.05, 4.69) is 20.0 Å². The molecular formula is C20H23FN4O5. The number of urea groups is 1. The monoisotopic (exact) mass is 418 g/mol. The number of H-pyrrole nitrogens is 1. The predicted molar refractivity (Wildman–Crippen MR) is 103 cm³/mol. The molecule has 1 aromatic carbocycles. The van der Waals surface area contributed by atoms with E-state index in [0.717, 1.165) is 5.69 Å². The Bertz CT molecular complexity index is 931. The highest BCUT2D eigenvalue weighted by molar-refractivity contribution is 5.84. The maximum atomic E-state index is 13.9. The van der Waals surface area contributed by atoms with Gasteiger partial charge >= 0.3 is 18.0 Å². The quantitative estimate of drug-likeness (QED) is 0.691. The second-order valence-corrected chi connectivity index (χ2v) is 6.81. The number of aromatic amines is 1. The minimum atomic E-state index is -1.03. The molecule has 2 aromatic rings. The summed E-state index contributed by atoms with van der Waals surface area (Å²) in [7, 11) is 2.44. The smallest absolute Gasteiger partial charge is 0.328 e. The number of rotatable bonds is 6. The number of halogens is 1. The summed E-state index contributed by atoms with van der Waals surface area (Å²) in [6, 6.07) is 3.75. The molecule has 2 N–H and O–H groups in total. The van der Waals surface area contributed by atoms with E-state index < -0.39 is 35.9 Å². The maximum absolute atomic E-state index is 13.9. The lowest BCUT2D eigenvalue weighted by atomic mass is 9.96. The summed E-state index contributed by atoms with van der Waals surface area (Å²) in [5.41, 5.74) is 2.04. The molecule has 2 amide bonds. The van der Waals surface area contributed by atoms with Crippen molar-refractivity contribution in [2.45, 2.75) is 31.3 Å². The van der Waals surface area contributed by atoms with Gasteiger partial charge in [-0.1, -0.05) is 12.1 Å². The average Bonchev–Trinajstić information content (AvgIpc) is 3.23. The second-order valence-electron chi connectivity index (χ2n) is 6.81. The predicted octanol–water partition coefficient (Wildman–Crippen LogP) is 1.70. The van der Waals surface area contributed by atoms with Crippen LogP contribution in [0.25, 0.3) is 0 Å². The third-order valence-corrected chi connectivity index (χ3v) is 5.00. The minimum absolute atomic E-state index is 0.0250. The van der Waals surface area contributed by atoms with Crippen molar-refractivity contribution in [3.63, 3.8) is 0 Å². The molecule has 160 valence electrons. The van der Waals surface area contributed by atoms with E-state index in [1.165, 1.54) is 37.6 Å². The van der Waals surface area contributed by atoms with E-state index in [0.29, 0.717) is 24.2 Å². The van der Waals surface area contributed by atoms with Crippen LogP contribution in [-0.2, 0) is 25.5 Å². The largest absolute Gasteiger partial charge is 0.469 e. The second kappa shape index (κ2) is 9.38. The number of benzene rings is 1. The van der Waals surface area contributed by atoms with Crippen molar-refractivity contribution in [3.05, 3.63) is 53.4 Å². The molecule has 1 aromatic heterocycles. The van der Waals surface area contributed by atoms with Crippen LogP contribution in [0.15, 0.2) is 30.6 Å². The van der Waals surface area contributed by atoms with Crippen LogP contribution in [0.3, 0.4) is 0 Å². The number of esters is 2. The zero-order valence-corrected chi connectivity index (χ0v) is 16.7. The molecule has 10 heteroatoms. The summed E-state index contributed by atoms with van der Waals surface area (Å²) in [5, 5.41) is 2.63. The van der Waals surface area contributed by atoms with Crippen LogP contribution in [0.1, 0.15) is 35.8 Å². The summed E-state index contributed by atoms with van der Waals surface area (Å²) < 4.78 is 23.2. The van der Waals surface area contributed by atoms with E-state index in [1.807, 2.05) is 0 Å². The molecule has 0 saturated carbocycles. The molecule has 1 aliphatic rings. The first-order chi connectivity index (χ1) is 14.4. The third-order valence-electron chi connectivity index (χ3n) is 5.00. The summed E-state index contributed by atoms with van der Waals surface area (Å²) in [6.45, 7) is 0.326. The van der Waals surface area contributed by atoms with Gasteiger partial charge < -0.3 is 24.7 Å². The van der Waals surface area contributed by atoms with Crippen LogP contribution in [0.4, 0.5) is 9.18 Å². The number of hydrogen-bond acceptors (Lipinski definition) is 6. The van der Waals surface area contributed by atoms with Crippen molar-refractivity contribution in [1.29, 1.82) is 0 Å². The summed E-state index contributed by atoms with van der Waals surface area (Å²) in [5.74, 6) is -1.61. The highest BCUT2D eigenvalue weighted by Gasteiger charge is 2.36. The topological polar surface area (TPSA) is 114 Å². The highest BCUT2D eigenvalue weighted by atomic mass is 19.1. The van der Waals surface area contributed by atoms with Crippen LogP contribution in [0.2, 0.25) is 0 Å². The molecule has 2 heterocycles. The number of hydrogen-bond donors (Lipinski definition) is 2. The minimum Gasteiger partial charge on any atom is -0.469 e. The normalized spacial score (nSPS) is 16.4. The number of fused-ring (bicyclic) bond motifs is 1. The summed E-state index contributed by atoms with van der Waals surface area (Å²) in [4.78, 5) is 45.5. The zero-order valence-electron chi connectivity index (χ0n) is 16.7. The molecule has 1 unspecified atom stereocenters. The molecule has 0 radical (unpaired) electrons. The number of nitrogens with one attached hydrogen (secondary N) is 2. The molecule has 30 heavy (non-hydrogen) atoms. The Kier molecular flexibility index (Phi) is 6.65. The SMILES string of the molecule is COC(=O)CC[C@H](NC(=O)N1CCc2[nH]cnc2C1c1cccc(F)c1)C(=O)OC. The molecule has 9 nitrogen and oxygen atoms in total. The van der Waals surface area contributed by atoms with Crippen LogP contribution in [0, 0.1) is 5.82 Å². The van der Waals surface area contributed by atoms with Crippen LogP contribution in [-0.4, -0.2) is 59.6 Å². The van der Waals surface area contributed by atoms with Gasteiger partial charge in [-0.25, -0.2) is 19.0 Å². The highest BCUT2D eigenvalue weighted by Crippen LogP contribution is 2.33. The number of amides is 2. The fraction of sp³-hybridized carbons (Fsp3) is 0.400. The van der Waals surface area contributed by atoms with Gasteiger partial charge in [0.25, 0.3) is 0 Å². The standard InChI is InChI=1S/C20H23FN4O5/c1-29-16(26)7-6-15(19(27)30-2)24-20(28)25-9-8-14-17(23-11-22-14)18(25)12-4-3-5-13(21)10-12/h3-5,10-11,15,18H,6-9H2,1-2H3,(H,22,23)(H,24,28)/t15-,18?/m0/s1. The average molecular weight is 418 g/mol. The van der Waals surface area contributed by atoms with Crippen LogP contribution < -0.4 is 5.32 Å². The van der Waals surface area contributed by atoms with Gasteiger partial charge in [-0.05, 0) is 24.1 Å². The Balaban J connectivity index is 1.85. The van der Waals surface area contributed by atoms with Gasteiger partial charge in [-0.2, -0.15) is 0 Å². The van der Waals surface area contributed by atoms with Gasteiger partial charge in [0.2, 0.25) is 0 Å². The van der Waals surface area contributed by atoms with Crippen molar-refractivity contribution in [2.75, 3.05) is 20.8 Å². The van der Waals surface area contributed by atoms with Crippen LogP contribution in [0.5, 0.6) is 0 Å². The van der Waals surface area contributed by atoms with E-state index >= 15 is 0 Å². The van der Waals surface area contributed by atoms with Crippen molar-refractivity contribution < 1.29 is 28.2 Å². The lowest BCUT2D eigenvalue weighted by Gasteiger charge is -2.36. The molecule has 0 saturated heterocycles. The molecule has 0 fully saturated rings. The number of aromatic nitrogens is 2. The van der Waals surface area contributed by atoms with E-state index in [4.69, 9.17) is 4.74 Å². The Hall–Kier alpha value is -3.43. The Morgan fingerprint density at radius 3 is 2.83 bits per heavy atom. The first kappa shape index (κ1) is 21.3. The van der Waals surface area contributed by atoms with E-state index in [-0.39, 0.29) is 12.8 Å². The number of carbonyl (C=O) groups excluding carboxylic acids is 3. The summed E-state index contributed by atoms with van der Waals surface area (Å²) >= 11 is 0. The number of carbonyl (C=O) groups is 3. The number of ether oxygens (including phenoxy) is 2. The molecular weight excluding hydrogens is 395 g/mol. The van der Waals surface area contributed by atoms with E-state index in [9.17, 15) is 18.8 Å². The Labute approximate surface area is 172 Å². The molecule has 0 spiro atoms. The van der Waals surface area contributed by atoms with Crippen molar-refractivity contribution >= 4 is 18.0 Å². The molecule has 1 aliphatic heterocycles. The van der Waals surface area contributed by atoms with Crippen molar-refractivity contribution in [1.82, 2.24) is 20.2 Å². The van der Waals surface area contributed by atoms with Gasteiger partial charge in [0.1, 0.15) is 17.9 Å². The van der Waals surface area contributed by atoms with Crippen molar-refractivity contribution in [3.8, 4) is 0 Å². The van der Waals surface area contributed by atoms with Gasteiger partial charge in [0.15, 0.2) is 0 Å². The molecule has 0 aliphatic carbocycles. The summed E-state index contributed by atoms with van der Waals surface area (Å²) in [6.07, 6.45) is 2.02. The first-order valence-electron chi connectivity index (χ1n) is 9.44. The third kappa shape index (κ3) is 4.58. The van der Waals surface area contributed by atoms with Gasteiger partial charge in [-0.3, -0.25) is 4.79 Å². The first-order valence-corrected chi connectivity index (χ1v) is 9.44. The number of imidazole rings is 1. The zero-order chi connectivity index (χ0) is 21.7. The Morgan fingerprint density at radius 2 is 2.13 bits per heavy atom. The Morgan fingerprint density at radius 1 is 1.33 bits per heavy atom. The lowest BCUT2D eigenvalue weighted by molar-refractivity contribution is -0.144. The fourth-order valence-corrected chi connectivity index (χ4v) is 3.50. The van der Waals surface area contributed by atoms with Crippen molar-refractivity contribution in [2.24, 2.45) is 0 Å². The fourth-order valence-electron chi connectivity index (χ4n) is 3.50. The van der Waals surface area contributed by atoms with Crippen LogP contribution >= 0.6 is 0 Å². The van der Waals surface area contributed by atoms with Gasteiger partial charge in [0, 0.05) is 25.1 Å².